The van der Waals surface area contributed by atoms with Gasteiger partial charge < -0.3 is 0 Å². The molecule has 0 saturated carbocycles. The van der Waals surface area contributed by atoms with Gasteiger partial charge in [-0.05, 0) is 5.56 Å². The maximum Gasteiger partial charge on any atom is 0.286 e. The summed E-state index contributed by atoms with van der Waals surface area (Å²) >= 11 is 0. The molecule has 1 heterocycles. The Balaban J connectivity index is 2.28. The van der Waals surface area contributed by atoms with Crippen molar-refractivity contribution < 1.29 is 9.85 Å². The van der Waals surface area contributed by atoms with E-state index in [1.54, 1.807) is 24.3 Å². The summed E-state index contributed by atoms with van der Waals surface area (Å²) < 4.78 is 0. The van der Waals surface area contributed by atoms with Crippen LogP contribution in [-0.4, -0.2) is 33.6 Å². The first-order valence-electron chi connectivity index (χ1n) is 5.84. The molecule has 0 spiro atoms. The van der Waals surface area contributed by atoms with E-state index in [1.165, 1.54) is 0 Å². The average Bonchev–Trinajstić information content (AvgIpc) is 2.38. The highest BCUT2D eigenvalue weighted by molar-refractivity contribution is 5.22. The van der Waals surface area contributed by atoms with E-state index in [-0.39, 0.29) is 13.0 Å². The molecule has 0 radical (unpaired) electrons. The van der Waals surface area contributed by atoms with Crippen molar-refractivity contribution in [3.63, 3.8) is 0 Å². The smallest absolute Gasteiger partial charge is 0.264 e. The molecular formula is C11H14N4O4. The minimum absolute atomic E-state index is 0.0985. The summed E-state index contributed by atoms with van der Waals surface area (Å²) in [5.41, 5.74) is 0.779. The van der Waals surface area contributed by atoms with E-state index >= 15 is 0 Å². The molecule has 0 aromatic heterocycles. The van der Waals surface area contributed by atoms with Gasteiger partial charge >= 0.3 is 0 Å². The highest BCUT2D eigenvalue weighted by atomic mass is 16.6. The molecule has 1 aromatic rings. The lowest BCUT2D eigenvalue weighted by molar-refractivity contribution is -0.590. The maximum absolute atomic E-state index is 11.1. The molecule has 1 aromatic carbocycles. The quantitative estimate of drug-likeness (QED) is 0.486. The third-order valence-electron chi connectivity index (χ3n) is 3.45. The van der Waals surface area contributed by atoms with Gasteiger partial charge in [0.15, 0.2) is 0 Å². The van der Waals surface area contributed by atoms with Crippen LogP contribution in [0.4, 0.5) is 0 Å². The van der Waals surface area contributed by atoms with E-state index in [9.17, 15) is 20.2 Å². The lowest BCUT2D eigenvalue weighted by Crippen LogP contribution is -2.56. The Kier molecular flexibility index (Phi) is 3.72. The lowest BCUT2D eigenvalue weighted by Gasteiger charge is -2.33. The number of nitro groups is 2. The maximum atomic E-state index is 11.1. The van der Waals surface area contributed by atoms with E-state index < -0.39 is 28.0 Å². The Labute approximate surface area is 109 Å². The minimum Gasteiger partial charge on any atom is -0.264 e. The lowest BCUT2D eigenvalue weighted by atomic mass is 9.86. The zero-order valence-electron chi connectivity index (χ0n) is 10.1. The summed E-state index contributed by atoms with van der Waals surface area (Å²) in [5, 5.41) is 23.1. The highest BCUT2D eigenvalue weighted by Gasteiger charge is 2.47. The van der Waals surface area contributed by atoms with Crippen molar-refractivity contribution >= 4 is 0 Å². The Bertz CT molecular complexity index is 481. The molecule has 2 rings (SSSR count). The molecule has 3 unspecified atom stereocenters. The van der Waals surface area contributed by atoms with Crippen LogP contribution in [0.25, 0.3) is 0 Å². The van der Waals surface area contributed by atoms with Crippen LogP contribution in [0.1, 0.15) is 17.9 Å². The van der Waals surface area contributed by atoms with Crippen molar-refractivity contribution in [1.82, 2.24) is 5.01 Å². The number of hydrazine groups is 1. The second kappa shape index (κ2) is 5.29. The molecule has 1 aliphatic rings. The van der Waals surface area contributed by atoms with Gasteiger partial charge in [-0.25, -0.2) is 0 Å². The van der Waals surface area contributed by atoms with Crippen LogP contribution in [0, 0.1) is 20.2 Å². The second-order valence-corrected chi connectivity index (χ2v) is 4.57. The molecular weight excluding hydrogens is 252 g/mol. The highest BCUT2D eigenvalue weighted by Crippen LogP contribution is 2.30. The molecule has 0 amide bonds. The van der Waals surface area contributed by atoms with Crippen LogP contribution in [0.15, 0.2) is 30.3 Å². The number of hydrogen-bond acceptors (Lipinski definition) is 6. The summed E-state index contributed by atoms with van der Waals surface area (Å²) in [5.74, 6) is 5.21. The van der Waals surface area contributed by atoms with Crippen molar-refractivity contribution in [3.05, 3.63) is 56.1 Å². The van der Waals surface area contributed by atoms with E-state index in [0.29, 0.717) is 0 Å². The van der Waals surface area contributed by atoms with Gasteiger partial charge in [0.2, 0.25) is 6.04 Å². The summed E-state index contributed by atoms with van der Waals surface area (Å²) in [6.07, 6.45) is -1.38. The van der Waals surface area contributed by atoms with Crippen molar-refractivity contribution in [1.29, 1.82) is 0 Å². The van der Waals surface area contributed by atoms with Crippen molar-refractivity contribution in [2.24, 2.45) is 5.84 Å². The van der Waals surface area contributed by atoms with Crippen LogP contribution in [-0.2, 0) is 0 Å². The van der Waals surface area contributed by atoms with Crippen molar-refractivity contribution in [2.75, 3.05) is 6.54 Å². The predicted octanol–water partition coefficient (Wildman–Crippen LogP) is 0.598. The van der Waals surface area contributed by atoms with Gasteiger partial charge in [-0.2, -0.15) is 5.01 Å². The van der Waals surface area contributed by atoms with Gasteiger partial charge in [0.1, 0.15) is 0 Å². The summed E-state index contributed by atoms with van der Waals surface area (Å²) in [4.78, 5) is 21.0. The monoisotopic (exact) mass is 266 g/mol. The molecule has 0 bridgehead atoms. The summed E-state index contributed by atoms with van der Waals surface area (Å²) in [7, 11) is 0. The number of nitrogens with zero attached hydrogens (tertiary/aromatic N) is 3. The SMILES string of the molecule is NN1CC(c2ccccc2)C([N+](=O)[O-])CC1[N+](=O)[O-]. The summed E-state index contributed by atoms with van der Waals surface area (Å²) in [6.45, 7) is 0.0985. The van der Waals surface area contributed by atoms with Crippen LogP contribution >= 0.6 is 0 Å². The van der Waals surface area contributed by atoms with E-state index in [0.717, 1.165) is 10.6 Å². The first kappa shape index (κ1) is 13.4. The van der Waals surface area contributed by atoms with Crippen molar-refractivity contribution in [3.8, 4) is 0 Å². The molecule has 3 atom stereocenters. The third-order valence-corrected chi connectivity index (χ3v) is 3.45. The number of piperidine rings is 1. The Morgan fingerprint density at radius 2 is 1.79 bits per heavy atom. The van der Waals surface area contributed by atoms with Gasteiger partial charge in [0.05, 0.1) is 12.3 Å². The summed E-state index contributed by atoms with van der Waals surface area (Å²) in [6, 6.07) is 7.95. The van der Waals surface area contributed by atoms with Gasteiger partial charge in [-0.1, -0.05) is 30.3 Å². The number of nitrogens with two attached hydrogens (primary N) is 1. The van der Waals surface area contributed by atoms with E-state index in [2.05, 4.69) is 0 Å². The fourth-order valence-corrected chi connectivity index (χ4v) is 2.45. The largest absolute Gasteiger partial charge is 0.286 e. The molecule has 8 heteroatoms. The standard InChI is InChI=1S/C11H14N4O4/c12-13-7-9(8-4-2-1-3-5-8)10(14(16)17)6-11(13)15(18)19/h1-5,9-11H,6-7,12H2. The van der Waals surface area contributed by atoms with Crippen LogP contribution in [0.2, 0.25) is 0 Å². The van der Waals surface area contributed by atoms with Gasteiger partial charge in [0.25, 0.3) is 6.17 Å². The second-order valence-electron chi connectivity index (χ2n) is 4.57. The fraction of sp³-hybridized carbons (Fsp3) is 0.455. The van der Waals surface area contributed by atoms with E-state index in [4.69, 9.17) is 5.84 Å². The fourth-order valence-electron chi connectivity index (χ4n) is 2.45. The van der Waals surface area contributed by atoms with Crippen LogP contribution in [0.5, 0.6) is 0 Å². The zero-order valence-corrected chi connectivity index (χ0v) is 10.1. The van der Waals surface area contributed by atoms with E-state index in [1.807, 2.05) is 6.07 Å². The Hall–Kier alpha value is -2.06. The average molecular weight is 266 g/mol. The molecule has 19 heavy (non-hydrogen) atoms. The number of rotatable bonds is 3. The first-order valence-corrected chi connectivity index (χ1v) is 5.84. The molecule has 8 nitrogen and oxygen atoms in total. The number of hydrogen-bond donors (Lipinski definition) is 1. The molecule has 1 saturated heterocycles. The van der Waals surface area contributed by atoms with Crippen molar-refractivity contribution in [2.45, 2.75) is 24.5 Å². The predicted molar refractivity (Wildman–Crippen MR) is 66.3 cm³/mol. The van der Waals surface area contributed by atoms with Gasteiger partial charge in [0, 0.05) is 16.4 Å². The molecule has 0 aliphatic carbocycles. The van der Waals surface area contributed by atoms with Crippen LogP contribution in [0.3, 0.4) is 0 Å². The Morgan fingerprint density at radius 1 is 1.16 bits per heavy atom. The Morgan fingerprint density at radius 3 is 2.32 bits per heavy atom. The molecule has 102 valence electrons. The third kappa shape index (κ3) is 2.69. The first-order chi connectivity index (χ1) is 9.00. The van der Waals surface area contributed by atoms with Crippen LogP contribution < -0.4 is 5.84 Å². The molecule has 1 aliphatic heterocycles. The van der Waals surface area contributed by atoms with Gasteiger partial charge in [-0.15, -0.1) is 0 Å². The normalized spacial score (nSPS) is 27.9. The zero-order chi connectivity index (χ0) is 14.0. The minimum atomic E-state index is -1.20. The van der Waals surface area contributed by atoms with Gasteiger partial charge in [-0.3, -0.25) is 26.1 Å². The molecule has 1 fully saturated rings. The molecule has 2 N–H and O–H groups in total. The topological polar surface area (TPSA) is 116 Å². The number of benzene rings is 1.